The summed E-state index contributed by atoms with van der Waals surface area (Å²) in [4.78, 5) is 4.36. The third-order valence-corrected chi connectivity index (χ3v) is 3.82. The molecule has 5 nitrogen and oxygen atoms in total. The molecule has 1 unspecified atom stereocenters. The lowest BCUT2D eigenvalue weighted by atomic mass is 10.1. The minimum atomic E-state index is -4.39. The molecule has 3 N–H and O–H groups in total. The zero-order valence-electron chi connectivity index (χ0n) is 16.2. The van der Waals surface area contributed by atoms with Crippen molar-refractivity contribution in [3.8, 4) is 5.75 Å². The SMILES string of the molecule is CCNC(=NCc1ccc(OCC(F)(F)F)cc1)NCC(O)c1ccccc1F.I. The van der Waals surface area contributed by atoms with Crippen LogP contribution in [0.15, 0.2) is 53.5 Å². The number of guanidine groups is 1. The number of hydrogen-bond donors (Lipinski definition) is 3. The van der Waals surface area contributed by atoms with Crippen LogP contribution in [0, 0.1) is 5.82 Å². The van der Waals surface area contributed by atoms with Gasteiger partial charge in [0.15, 0.2) is 12.6 Å². The van der Waals surface area contributed by atoms with Crippen molar-refractivity contribution in [1.29, 1.82) is 0 Å². The Morgan fingerprint density at radius 3 is 2.37 bits per heavy atom. The molecular weight excluding hydrogens is 517 g/mol. The maximum Gasteiger partial charge on any atom is 0.422 e. The molecule has 0 amide bonds. The van der Waals surface area contributed by atoms with E-state index in [2.05, 4.69) is 20.4 Å². The summed E-state index contributed by atoms with van der Waals surface area (Å²) in [6, 6.07) is 12.1. The Morgan fingerprint density at radius 1 is 1.10 bits per heavy atom. The van der Waals surface area contributed by atoms with E-state index in [-0.39, 0.29) is 48.4 Å². The third-order valence-electron chi connectivity index (χ3n) is 3.82. The maximum atomic E-state index is 13.7. The zero-order valence-corrected chi connectivity index (χ0v) is 18.6. The Kier molecular flexibility index (Phi) is 10.9. The number of aliphatic hydroxyl groups excluding tert-OH is 1. The summed E-state index contributed by atoms with van der Waals surface area (Å²) in [6.45, 7) is 1.41. The molecule has 2 aromatic carbocycles. The van der Waals surface area contributed by atoms with E-state index in [1.54, 1.807) is 24.3 Å². The Morgan fingerprint density at radius 2 is 1.77 bits per heavy atom. The second-order valence-corrected chi connectivity index (χ2v) is 6.16. The number of nitrogens with one attached hydrogen (secondary N) is 2. The van der Waals surface area contributed by atoms with Gasteiger partial charge in [-0.2, -0.15) is 13.2 Å². The van der Waals surface area contributed by atoms with Crippen molar-refractivity contribution < 1.29 is 27.4 Å². The summed E-state index contributed by atoms with van der Waals surface area (Å²) >= 11 is 0. The quantitative estimate of drug-likeness (QED) is 0.203. The molecule has 2 rings (SSSR count). The highest BCUT2D eigenvalue weighted by atomic mass is 127. The van der Waals surface area contributed by atoms with Gasteiger partial charge in [0, 0.05) is 18.7 Å². The molecule has 0 saturated carbocycles. The van der Waals surface area contributed by atoms with Crippen molar-refractivity contribution in [3.05, 3.63) is 65.5 Å². The molecule has 0 bridgehead atoms. The molecule has 0 fully saturated rings. The minimum Gasteiger partial charge on any atom is -0.484 e. The van der Waals surface area contributed by atoms with E-state index in [1.165, 1.54) is 24.3 Å². The molecule has 30 heavy (non-hydrogen) atoms. The second kappa shape index (κ2) is 12.6. The smallest absolute Gasteiger partial charge is 0.422 e. The number of aliphatic imine (C=N–C) groups is 1. The van der Waals surface area contributed by atoms with Gasteiger partial charge in [-0.1, -0.05) is 30.3 Å². The molecule has 0 aliphatic heterocycles. The largest absolute Gasteiger partial charge is 0.484 e. The average molecular weight is 541 g/mol. The van der Waals surface area contributed by atoms with Crippen LogP contribution in [0.4, 0.5) is 17.6 Å². The number of aliphatic hydroxyl groups is 1. The molecule has 0 spiro atoms. The highest BCUT2D eigenvalue weighted by Crippen LogP contribution is 2.19. The van der Waals surface area contributed by atoms with E-state index in [4.69, 9.17) is 0 Å². The first-order chi connectivity index (χ1) is 13.8. The van der Waals surface area contributed by atoms with Gasteiger partial charge < -0.3 is 20.5 Å². The van der Waals surface area contributed by atoms with Gasteiger partial charge >= 0.3 is 6.18 Å². The van der Waals surface area contributed by atoms with Crippen LogP contribution in [-0.2, 0) is 6.54 Å². The van der Waals surface area contributed by atoms with Crippen molar-refractivity contribution in [1.82, 2.24) is 10.6 Å². The fourth-order valence-corrected chi connectivity index (χ4v) is 2.42. The predicted octanol–water partition coefficient (Wildman–Crippen LogP) is 4.17. The summed E-state index contributed by atoms with van der Waals surface area (Å²) in [5, 5.41) is 16.1. The lowest BCUT2D eigenvalue weighted by molar-refractivity contribution is -0.153. The van der Waals surface area contributed by atoms with Gasteiger partial charge in [0.25, 0.3) is 0 Å². The van der Waals surface area contributed by atoms with Crippen molar-refractivity contribution in [2.45, 2.75) is 25.7 Å². The van der Waals surface area contributed by atoms with Gasteiger partial charge in [0.05, 0.1) is 12.6 Å². The molecule has 166 valence electrons. The van der Waals surface area contributed by atoms with Gasteiger partial charge in [-0.05, 0) is 30.7 Å². The first kappa shape index (κ1) is 26.0. The third kappa shape index (κ3) is 9.16. The van der Waals surface area contributed by atoms with E-state index < -0.39 is 24.7 Å². The van der Waals surface area contributed by atoms with Crippen molar-refractivity contribution in [2.24, 2.45) is 4.99 Å². The standard InChI is InChI=1S/C20H23F4N3O2.HI/c1-2-25-19(27-12-18(28)16-5-3-4-6-17(16)21)26-11-14-7-9-15(10-8-14)29-13-20(22,23)24;/h3-10,18,28H,2,11-13H2,1H3,(H2,25,26,27);1H. The Hall–Kier alpha value is -2.08. The Bertz CT molecular complexity index is 801. The van der Waals surface area contributed by atoms with Gasteiger partial charge in [0.2, 0.25) is 0 Å². The van der Waals surface area contributed by atoms with E-state index in [1.807, 2.05) is 6.92 Å². The summed E-state index contributed by atoms with van der Waals surface area (Å²) in [5.41, 5.74) is 0.946. The molecule has 0 aromatic heterocycles. The molecule has 0 radical (unpaired) electrons. The minimum absolute atomic E-state index is 0. The van der Waals surface area contributed by atoms with E-state index in [0.29, 0.717) is 12.5 Å². The highest BCUT2D eigenvalue weighted by molar-refractivity contribution is 14.0. The van der Waals surface area contributed by atoms with E-state index >= 15 is 0 Å². The van der Waals surface area contributed by atoms with Crippen molar-refractivity contribution in [2.75, 3.05) is 19.7 Å². The number of ether oxygens (including phenoxy) is 1. The van der Waals surface area contributed by atoms with Crippen LogP contribution in [0.1, 0.15) is 24.2 Å². The first-order valence-corrected chi connectivity index (χ1v) is 9.01. The molecule has 10 heteroatoms. The van der Waals surface area contributed by atoms with Crippen LogP contribution in [0.3, 0.4) is 0 Å². The number of hydrogen-bond acceptors (Lipinski definition) is 3. The van der Waals surface area contributed by atoms with Gasteiger partial charge in [0.1, 0.15) is 11.6 Å². The maximum absolute atomic E-state index is 13.7. The Labute approximate surface area is 189 Å². The van der Waals surface area contributed by atoms with E-state index in [0.717, 1.165) is 5.56 Å². The molecule has 0 heterocycles. The predicted molar refractivity (Wildman–Crippen MR) is 118 cm³/mol. The fourth-order valence-electron chi connectivity index (χ4n) is 2.42. The van der Waals surface area contributed by atoms with Crippen molar-refractivity contribution in [3.63, 3.8) is 0 Å². The number of halogens is 5. The number of nitrogens with zero attached hydrogens (tertiary/aromatic N) is 1. The summed E-state index contributed by atoms with van der Waals surface area (Å²) in [5.74, 6) is 0.0463. The first-order valence-electron chi connectivity index (χ1n) is 9.01. The van der Waals surface area contributed by atoms with Gasteiger partial charge in [-0.15, -0.1) is 24.0 Å². The lowest BCUT2D eigenvalue weighted by Crippen LogP contribution is -2.39. The molecule has 0 saturated heterocycles. The lowest BCUT2D eigenvalue weighted by Gasteiger charge is -2.16. The van der Waals surface area contributed by atoms with E-state index in [9.17, 15) is 22.7 Å². The number of alkyl halides is 3. The average Bonchev–Trinajstić information content (AvgIpc) is 2.69. The van der Waals surface area contributed by atoms with Crippen LogP contribution in [-0.4, -0.2) is 36.9 Å². The normalized spacial score (nSPS) is 12.7. The van der Waals surface area contributed by atoms with Crippen LogP contribution in [0.25, 0.3) is 0 Å². The van der Waals surface area contributed by atoms with Crippen LogP contribution in [0.2, 0.25) is 0 Å². The summed E-state index contributed by atoms with van der Waals surface area (Å²) < 4.78 is 54.9. The summed E-state index contributed by atoms with van der Waals surface area (Å²) in [6.07, 6.45) is -5.44. The van der Waals surface area contributed by atoms with Crippen LogP contribution in [0.5, 0.6) is 5.75 Å². The van der Waals surface area contributed by atoms with Gasteiger partial charge in [-0.25, -0.2) is 9.38 Å². The van der Waals surface area contributed by atoms with Crippen LogP contribution >= 0.6 is 24.0 Å². The zero-order chi connectivity index (χ0) is 21.3. The van der Waals surface area contributed by atoms with Crippen molar-refractivity contribution >= 4 is 29.9 Å². The summed E-state index contributed by atoms with van der Waals surface area (Å²) in [7, 11) is 0. The highest BCUT2D eigenvalue weighted by Gasteiger charge is 2.28. The molecule has 0 aliphatic carbocycles. The van der Waals surface area contributed by atoms with Gasteiger partial charge in [-0.3, -0.25) is 0 Å². The number of benzene rings is 2. The molecular formula is C20H24F4IN3O2. The monoisotopic (exact) mass is 541 g/mol. The molecule has 2 aromatic rings. The number of rotatable bonds is 8. The Balaban J connectivity index is 0.00000450. The molecule has 0 aliphatic rings. The topological polar surface area (TPSA) is 65.9 Å². The van der Waals surface area contributed by atoms with Crippen LogP contribution < -0.4 is 15.4 Å². The fraction of sp³-hybridized carbons (Fsp3) is 0.350. The molecule has 1 atom stereocenters. The second-order valence-electron chi connectivity index (χ2n) is 6.16.